The molecule has 4 nitrogen and oxygen atoms in total. The standard InChI is InChI=1S/C13H24N4/c1-4-6-16-8-11(3)15-13(16)17-7-5-10(2)12(14)9-17/h8,10,12H,4-7,9,14H2,1-3H3. The normalized spacial score (nSPS) is 25.3. The van der Waals surface area contributed by atoms with Crippen LogP contribution >= 0.6 is 0 Å². The summed E-state index contributed by atoms with van der Waals surface area (Å²) < 4.78 is 2.26. The van der Waals surface area contributed by atoms with E-state index in [0.717, 1.165) is 37.7 Å². The first-order chi connectivity index (χ1) is 8.11. The molecule has 1 aliphatic heterocycles. The summed E-state index contributed by atoms with van der Waals surface area (Å²) in [6, 6.07) is 0.274. The van der Waals surface area contributed by atoms with Crippen LogP contribution in [0.15, 0.2) is 6.20 Å². The van der Waals surface area contributed by atoms with Crippen molar-refractivity contribution < 1.29 is 0 Å². The highest BCUT2D eigenvalue weighted by molar-refractivity contribution is 5.34. The molecule has 0 radical (unpaired) electrons. The minimum absolute atomic E-state index is 0.274. The van der Waals surface area contributed by atoms with Crippen molar-refractivity contribution in [3.05, 3.63) is 11.9 Å². The van der Waals surface area contributed by atoms with Crippen LogP contribution in [0.5, 0.6) is 0 Å². The van der Waals surface area contributed by atoms with E-state index in [-0.39, 0.29) is 6.04 Å². The molecule has 1 fully saturated rings. The maximum atomic E-state index is 6.16. The van der Waals surface area contributed by atoms with Crippen LogP contribution in [-0.4, -0.2) is 28.7 Å². The van der Waals surface area contributed by atoms with Crippen molar-refractivity contribution in [1.29, 1.82) is 0 Å². The third kappa shape index (κ3) is 2.63. The van der Waals surface area contributed by atoms with E-state index in [2.05, 4.69) is 41.4 Å². The predicted molar refractivity (Wildman–Crippen MR) is 71.2 cm³/mol. The Morgan fingerprint density at radius 1 is 1.53 bits per heavy atom. The topological polar surface area (TPSA) is 47.1 Å². The number of aryl methyl sites for hydroxylation is 2. The largest absolute Gasteiger partial charge is 0.341 e. The molecule has 0 amide bonds. The molecule has 2 atom stereocenters. The zero-order valence-corrected chi connectivity index (χ0v) is 11.2. The van der Waals surface area contributed by atoms with E-state index in [9.17, 15) is 0 Å². The molecule has 4 heteroatoms. The lowest BCUT2D eigenvalue weighted by Crippen LogP contribution is -2.48. The summed E-state index contributed by atoms with van der Waals surface area (Å²) in [4.78, 5) is 6.99. The molecule has 0 spiro atoms. The average molecular weight is 236 g/mol. The number of imidazole rings is 1. The molecule has 2 N–H and O–H groups in total. The lowest BCUT2D eigenvalue weighted by Gasteiger charge is -2.35. The van der Waals surface area contributed by atoms with E-state index in [1.807, 2.05) is 0 Å². The molecule has 1 saturated heterocycles. The molecule has 0 saturated carbocycles. The van der Waals surface area contributed by atoms with E-state index in [4.69, 9.17) is 5.73 Å². The van der Waals surface area contributed by atoms with E-state index < -0.39 is 0 Å². The number of piperidine rings is 1. The molecule has 0 aliphatic carbocycles. The minimum Gasteiger partial charge on any atom is -0.341 e. The summed E-state index contributed by atoms with van der Waals surface area (Å²) in [6.07, 6.45) is 4.45. The van der Waals surface area contributed by atoms with Gasteiger partial charge in [-0.25, -0.2) is 4.98 Å². The van der Waals surface area contributed by atoms with Gasteiger partial charge < -0.3 is 15.2 Å². The van der Waals surface area contributed by atoms with Gasteiger partial charge in [-0.05, 0) is 25.7 Å². The Bertz CT molecular complexity index is 371. The molecular formula is C13H24N4. The Morgan fingerprint density at radius 3 is 2.94 bits per heavy atom. The van der Waals surface area contributed by atoms with Gasteiger partial charge >= 0.3 is 0 Å². The van der Waals surface area contributed by atoms with Crippen LogP contribution in [0.2, 0.25) is 0 Å². The maximum absolute atomic E-state index is 6.16. The highest BCUT2D eigenvalue weighted by Crippen LogP contribution is 2.22. The number of rotatable bonds is 3. The van der Waals surface area contributed by atoms with Crippen molar-refractivity contribution in [3.8, 4) is 0 Å². The van der Waals surface area contributed by atoms with Crippen molar-refractivity contribution >= 4 is 5.95 Å². The Kier molecular flexibility index (Phi) is 3.72. The zero-order valence-electron chi connectivity index (χ0n) is 11.2. The second kappa shape index (κ2) is 5.08. The van der Waals surface area contributed by atoms with Crippen LogP contribution < -0.4 is 10.6 Å². The molecule has 96 valence electrons. The molecule has 0 bridgehead atoms. The third-order valence-electron chi connectivity index (χ3n) is 3.64. The van der Waals surface area contributed by atoms with Gasteiger partial charge in [0.1, 0.15) is 0 Å². The smallest absolute Gasteiger partial charge is 0.205 e. The quantitative estimate of drug-likeness (QED) is 0.870. The molecule has 0 aromatic carbocycles. The fraction of sp³-hybridized carbons (Fsp3) is 0.769. The van der Waals surface area contributed by atoms with Crippen molar-refractivity contribution in [1.82, 2.24) is 9.55 Å². The van der Waals surface area contributed by atoms with Crippen molar-refractivity contribution in [2.24, 2.45) is 11.7 Å². The fourth-order valence-electron chi connectivity index (χ4n) is 2.47. The molecule has 2 unspecified atom stereocenters. The van der Waals surface area contributed by atoms with Crippen LogP contribution in [0.3, 0.4) is 0 Å². The summed E-state index contributed by atoms with van der Waals surface area (Å²) >= 11 is 0. The summed E-state index contributed by atoms with van der Waals surface area (Å²) in [6.45, 7) is 9.55. The van der Waals surface area contributed by atoms with E-state index in [0.29, 0.717) is 5.92 Å². The SMILES string of the molecule is CCCn1cc(C)nc1N1CCC(C)C(N)C1. The second-order valence-electron chi connectivity index (χ2n) is 5.25. The van der Waals surface area contributed by atoms with Gasteiger partial charge in [-0.3, -0.25) is 0 Å². The van der Waals surface area contributed by atoms with Crippen LogP contribution in [-0.2, 0) is 6.54 Å². The van der Waals surface area contributed by atoms with Gasteiger partial charge in [0, 0.05) is 31.9 Å². The van der Waals surface area contributed by atoms with Crippen molar-refractivity contribution in [3.63, 3.8) is 0 Å². The van der Waals surface area contributed by atoms with E-state index in [1.165, 1.54) is 6.42 Å². The average Bonchev–Trinajstić information content (AvgIpc) is 2.64. The molecule has 1 aliphatic rings. The number of anilines is 1. The lowest BCUT2D eigenvalue weighted by atomic mass is 9.94. The third-order valence-corrected chi connectivity index (χ3v) is 3.64. The van der Waals surface area contributed by atoms with E-state index >= 15 is 0 Å². The zero-order chi connectivity index (χ0) is 12.4. The molecule has 1 aromatic heterocycles. The molecule has 17 heavy (non-hydrogen) atoms. The van der Waals surface area contributed by atoms with Crippen LogP contribution in [0.25, 0.3) is 0 Å². The summed E-state index contributed by atoms with van der Waals surface area (Å²) in [7, 11) is 0. The fourth-order valence-corrected chi connectivity index (χ4v) is 2.47. The monoisotopic (exact) mass is 236 g/mol. The molecule has 2 rings (SSSR count). The minimum atomic E-state index is 0.274. The van der Waals surface area contributed by atoms with Crippen LogP contribution in [0.1, 0.15) is 32.4 Å². The molecular weight excluding hydrogens is 212 g/mol. The Hall–Kier alpha value is -1.03. The van der Waals surface area contributed by atoms with Crippen LogP contribution in [0, 0.1) is 12.8 Å². The van der Waals surface area contributed by atoms with Crippen molar-refractivity contribution in [2.45, 2.75) is 46.2 Å². The molecule has 1 aromatic rings. The second-order valence-corrected chi connectivity index (χ2v) is 5.25. The number of nitrogens with zero attached hydrogens (tertiary/aromatic N) is 3. The first-order valence-electron chi connectivity index (χ1n) is 6.66. The van der Waals surface area contributed by atoms with Gasteiger partial charge in [0.15, 0.2) is 0 Å². The van der Waals surface area contributed by atoms with Gasteiger partial charge in [-0.15, -0.1) is 0 Å². The number of hydrogen-bond acceptors (Lipinski definition) is 3. The van der Waals surface area contributed by atoms with Crippen LogP contribution in [0.4, 0.5) is 5.95 Å². The predicted octanol–water partition coefficient (Wildman–Crippen LogP) is 1.78. The van der Waals surface area contributed by atoms with E-state index in [1.54, 1.807) is 0 Å². The summed E-state index contributed by atoms with van der Waals surface area (Å²) in [5, 5.41) is 0. The first-order valence-corrected chi connectivity index (χ1v) is 6.66. The van der Waals surface area contributed by atoms with Gasteiger partial charge in [0.05, 0.1) is 5.69 Å². The van der Waals surface area contributed by atoms with Gasteiger partial charge in [-0.2, -0.15) is 0 Å². The summed E-state index contributed by atoms with van der Waals surface area (Å²) in [5.74, 6) is 1.73. The number of nitrogens with two attached hydrogens (primary N) is 1. The number of hydrogen-bond donors (Lipinski definition) is 1. The summed E-state index contributed by atoms with van der Waals surface area (Å²) in [5.41, 5.74) is 7.26. The Balaban J connectivity index is 2.16. The maximum Gasteiger partial charge on any atom is 0.205 e. The first kappa shape index (κ1) is 12.4. The lowest BCUT2D eigenvalue weighted by molar-refractivity contribution is 0.374. The van der Waals surface area contributed by atoms with Gasteiger partial charge in [0.25, 0.3) is 0 Å². The Labute approximate surface area is 104 Å². The molecule has 2 heterocycles. The highest BCUT2D eigenvalue weighted by Gasteiger charge is 2.25. The number of aromatic nitrogens is 2. The van der Waals surface area contributed by atoms with Gasteiger partial charge in [0.2, 0.25) is 5.95 Å². The Morgan fingerprint density at radius 2 is 2.29 bits per heavy atom. The highest BCUT2D eigenvalue weighted by atomic mass is 15.3. The van der Waals surface area contributed by atoms with Gasteiger partial charge in [-0.1, -0.05) is 13.8 Å². The van der Waals surface area contributed by atoms with Crippen molar-refractivity contribution in [2.75, 3.05) is 18.0 Å².